The number of anilines is 2. The van der Waals surface area contributed by atoms with Gasteiger partial charge in [-0.3, -0.25) is 24.1 Å². The van der Waals surface area contributed by atoms with Gasteiger partial charge in [-0.15, -0.1) is 0 Å². The quantitative estimate of drug-likeness (QED) is 0.243. The Balaban J connectivity index is 1.58. The number of hydrogen-bond acceptors (Lipinski definition) is 7. The highest BCUT2D eigenvalue weighted by molar-refractivity contribution is 6.52. The molecule has 1 N–H and O–H groups in total. The number of nitrogens with one attached hydrogen (secondary N) is 1. The number of ketones is 1. The minimum Gasteiger partial charge on any atom is -0.497 e. The maximum Gasteiger partial charge on any atom is 0.299 e. The molecule has 11 heteroatoms. The Labute approximate surface area is 258 Å². The zero-order valence-electron chi connectivity index (χ0n) is 24.8. The SMILES string of the molecule is COc1ccc(NC(=O)[C@@H](c2ccc(OC)c(OC)c2)N(Cc2ccc(F)cc2)C(=O)CN2C(=O)C(=O)c3ccccc32)cc1. The van der Waals surface area contributed by atoms with Crippen LogP contribution in [0, 0.1) is 5.82 Å². The highest BCUT2D eigenvalue weighted by Crippen LogP contribution is 2.35. The monoisotopic (exact) mass is 611 g/mol. The largest absolute Gasteiger partial charge is 0.497 e. The first-order valence-electron chi connectivity index (χ1n) is 13.9. The number of para-hydroxylation sites is 1. The molecule has 0 saturated carbocycles. The molecule has 0 saturated heterocycles. The van der Waals surface area contributed by atoms with Crippen LogP contribution in [-0.2, 0) is 20.9 Å². The zero-order chi connectivity index (χ0) is 32.1. The summed E-state index contributed by atoms with van der Waals surface area (Å²) in [4.78, 5) is 56.5. The number of Topliss-reactive ketones (excluding diaryl/α,β-unsaturated/α-hetero) is 1. The molecule has 230 valence electrons. The molecule has 0 unspecified atom stereocenters. The highest BCUT2D eigenvalue weighted by Gasteiger charge is 2.39. The molecule has 10 nitrogen and oxygen atoms in total. The summed E-state index contributed by atoms with van der Waals surface area (Å²) in [5, 5.41) is 2.86. The molecular formula is C34H30FN3O7. The van der Waals surface area contributed by atoms with Crippen LogP contribution < -0.4 is 24.4 Å². The number of fused-ring (bicyclic) bond motifs is 1. The lowest BCUT2D eigenvalue weighted by molar-refractivity contribution is -0.139. The third kappa shape index (κ3) is 6.47. The fraction of sp³-hybridized carbons (Fsp3) is 0.176. The molecule has 0 spiro atoms. The van der Waals surface area contributed by atoms with E-state index in [9.17, 15) is 23.6 Å². The first-order valence-corrected chi connectivity index (χ1v) is 13.9. The fourth-order valence-corrected chi connectivity index (χ4v) is 5.12. The van der Waals surface area contributed by atoms with Crippen LogP contribution in [0.25, 0.3) is 0 Å². The van der Waals surface area contributed by atoms with Crippen molar-refractivity contribution >= 4 is 34.9 Å². The van der Waals surface area contributed by atoms with Gasteiger partial charge in [0.2, 0.25) is 5.91 Å². The molecule has 1 heterocycles. The number of nitrogens with zero attached hydrogens (tertiary/aromatic N) is 2. The predicted octanol–water partition coefficient (Wildman–Crippen LogP) is 4.79. The predicted molar refractivity (Wildman–Crippen MR) is 164 cm³/mol. The fourth-order valence-electron chi connectivity index (χ4n) is 5.12. The van der Waals surface area contributed by atoms with Crippen molar-refractivity contribution in [2.75, 3.05) is 38.1 Å². The summed E-state index contributed by atoms with van der Waals surface area (Å²) in [5.41, 5.74) is 1.83. The second kappa shape index (κ2) is 13.3. The van der Waals surface area contributed by atoms with Crippen molar-refractivity contribution < 1.29 is 37.8 Å². The van der Waals surface area contributed by atoms with Gasteiger partial charge in [0.05, 0.1) is 32.6 Å². The summed E-state index contributed by atoms with van der Waals surface area (Å²) in [6.07, 6.45) is 0. The standard InChI is InChI=1S/C34H30FN3O7/c1-43-25-15-13-24(14-16-25)36-33(41)31(22-10-17-28(44-2)29(18-22)45-3)38(19-21-8-11-23(35)12-9-21)30(39)20-37-27-7-5-4-6-26(27)32(40)34(37)42/h4-18,31H,19-20H2,1-3H3,(H,36,41)/t31-/m1/s1. The third-order valence-corrected chi connectivity index (χ3v) is 7.40. The van der Waals surface area contributed by atoms with Gasteiger partial charge in [-0.25, -0.2) is 4.39 Å². The Morgan fingerprint density at radius 1 is 0.844 bits per heavy atom. The van der Waals surface area contributed by atoms with Gasteiger partial charge in [-0.2, -0.15) is 0 Å². The molecule has 0 aromatic heterocycles. The lowest BCUT2D eigenvalue weighted by Gasteiger charge is -2.33. The number of rotatable bonds is 11. The minimum atomic E-state index is -1.27. The molecule has 0 bridgehead atoms. The van der Waals surface area contributed by atoms with E-state index in [-0.39, 0.29) is 12.1 Å². The van der Waals surface area contributed by atoms with Gasteiger partial charge in [0.1, 0.15) is 24.2 Å². The van der Waals surface area contributed by atoms with E-state index in [1.807, 2.05) is 0 Å². The van der Waals surface area contributed by atoms with Gasteiger partial charge in [0, 0.05) is 12.2 Å². The van der Waals surface area contributed by atoms with Crippen molar-refractivity contribution in [1.82, 2.24) is 4.90 Å². The van der Waals surface area contributed by atoms with Crippen LogP contribution in [0.15, 0.2) is 91.0 Å². The number of carbonyl (C=O) groups excluding carboxylic acids is 4. The van der Waals surface area contributed by atoms with Crippen molar-refractivity contribution in [3.05, 3.63) is 114 Å². The van der Waals surface area contributed by atoms with E-state index >= 15 is 0 Å². The number of ether oxygens (including phenoxy) is 3. The smallest absolute Gasteiger partial charge is 0.299 e. The Hall–Kier alpha value is -5.71. The van der Waals surface area contributed by atoms with Crippen LogP contribution >= 0.6 is 0 Å². The molecule has 0 fully saturated rings. The average molecular weight is 612 g/mol. The number of halogens is 1. The number of carbonyl (C=O) groups is 4. The highest BCUT2D eigenvalue weighted by atomic mass is 19.1. The van der Waals surface area contributed by atoms with Crippen molar-refractivity contribution in [2.45, 2.75) is 12.6 Å². The molecular weight excluding hydrogens is 581 g/mol. The molecule has 5 rings (SSSR count). The lowest BCUT2D eigenvalue weighted by atomic mass is 10.0. The normalized spacial score (nSPS) is 12.8. The second-order valence-electron chi connectivity index (χ2n) is 10.1. The molecule has 1 atom stereocenters. The maximum absolute atomic E-state index is 14.3. The van der Waals surface area contributed by atoms with Crippen LogP contribution in [0.5, 0.6) is 17.2 Å². The first-order chi connectivity index (χ1) is 21.7. The Morgan fingerprint density at radius 2 is 1.53 bits per heavy atom. The van der Waals surface area contributed by atoms with E-state index in [1.54, 1.807) is 60.7 Å². The summed E-state index contributed by atoms with van der Waals surface area (Å²) >= 11 is 0. The van der Waals surface area contributed by atoms with E-state index < -0.39 is 41.9 Å². The zero-order valence-corrected chi connectivity index (χ0v) is 24.8. The van der Waals surface area contributed by atoms with Crippen LogP contribution in [0.4, 0.5) is 15.8 Å². The summed E-state index contributed by atoms with van der Waals surface area (Å²) < 4.78 is 29.9. The molecule has 0 radical (unpaired) electrons. The summed E-state index contributed by atoms with van der Waals surface area (Å²) in [6, 6.07) is 22.1. The van der Waals surface area contributed by atoms with Crippen LogP contribution in [0.1, 0.15) is 27.5 Å². The van der Waals surface area contributed by atoms with Crippen LogP contribution in [-0.4, -0.2) is 56.3 Å². The Kier molecular flexibility index (Phi) is 9.08. The first kappa shape index (κ1) is 30.7. The number of methoxy groups -OCH3 is 3. The number of amides is 3. The van der Waals surface area contributed by atoms with Crippen molar-refractivity contribution in [3.8, 4) is 17.2 Å². The molecule has 45 heavy (non-hydrogen) atoms. The van der Waals surface area contributed by atoms with Gasteiger partial charge in [-0.05, 0) is 71.8 Å². The number of benzene rings is 4. The molecule has 3 amide bonds. The lowest BCUT2D eigenvalue weighted by Crippen LogP contribution is -2.46. The molecule has 4 aromatic carbocycles. The van der Waals surface area contributed by atoms with Gasteiger partial charge < -0.3 is 24.4 Å². The van der Waals surface area contributed by atoms with E-state index in [0.29, 0.717) is 39.8 Å². The van der Waals surface area contributed by atoms with Crippen LogP contribution in [0.2, 0.25) is 0 Å². The third-order valence-electron chi connectivity index (χ3n) is 7.40. The van der Waals surface area contributed by atoms with E-state index in [4.69, 9.17) is 14.2 Å². The van der Waals surface area contributed by atoms with Gasteiger partial charge in [0.25, 0.3) is 17.6 Å². The van der Waals surface area contributed by atoms with E-state index in [0.717, 1.165) is 4.90 Å². The van der Waals surface area contributed by atoms with Crippen molar-refractivity contribution in [1.29, 1.82) is 0 Å². The molecule has 0 aliphatic carbocycles. The Bertz CT molecular complexity index is 1740. The molecule has 1 aliphatic heterocycles. The maximum atomic E-state index is 14.3. The number of hydrogen-bond donors (Lipinski definition) is 1. The Morgan fingerprint density at radius 3 is 2.20 bits per heavy atom. The topological polar surface area (TPSA) is 114 Å². The summed E-state index contributed by atoms with van der Waals surface area (Å²) in [6.45, 7) is -0.659. The van der Waals surface area contributed by atoms with Gasteiger partial charge in [0.15, 0.2) is 11.5 Å². The van der Waals surface area contributed by atoms with E-state index in [2.05, 4.69) is 5.32 Å². The average Bonchev–Trinajstić information content (AvgIpc) is 3.30. The summed E-state index contributed by atoms with van der Waals surface area (Å²) in [5.74, 6) is -1.95. The molecule has 1 aliphatic rings. The van der Waals surface area contributed by atoms with E-state index in [1.165, 1.54) is 56.6 Å². The van der Waals surface area contributed by atoms with Crippen molar-refractivity contribution in [3.63, 3.8) is 0 Å². The second-order valence-corrected chi connectivity index (χ2v) is 10.1. The van der Waals surface area contributed by atoms with Crippen molar-refractivity contribution in [2.24, 2.45) is 0 Å². The summed E-state index contributed by atoms with van der Waals surface area (Å²) in [7, 11) is 4.45. The molecule has 4 aromatic rings. The van der Waals surface area contributed by atoms with Gasteiger partial charge in [-0.1, -0.05) is 30.3 Å². The van der Waals surface area contributed by atoms with Gasteiger partial charge >= 0.3 is 0 Å². The minimum absolute atomic E-state index is 0.133. The van der Waals surface area contributed by atoms with Crippen LogP contribution in [0.3, 0.4) is 0 Å².